The molecule has 2 heterocycles. The summed E-state index contributed by atoms with van der Waals surface area (Å²) in [5.41, 5.74) is 10.5. The van der Waals surface area contributed by atoms with Crippen LogP contribution in [-0.2, 0) is 0 Å². The van der Waals surface area contributed by atoms with Gasteiger partial charge in [-0.3, -0.25) is 0 Å². The molecule has 0 spiro atoms. The lowest BCUT2D eigenvalue weighted by molar-refractivity contribution is 1.07. The Morgan fingerprint density at radius 2 is 0.863 bits per heavy atom. The number of rotatable bonds is 4. The molecule has 4 heteroatoms. The van der Waals surface area contributed by atoms with Crippen molar-refractivity contribution in [3.8, 4) is 67.5 Å². The minimum atomic E-state index is 0.654. The maximum Gasteiger partial charge on any atom is 0.164 e. The third-order valence-corrected chi connectivity index (χ3v) is 11.4. The molecule has 0 saturated carbocycles. The maximum absolute atomic E-state index is 5.11. The Hall–Kier alpha value is -6.49. The summed E-state index contributed by atoms with van der Waals surface area (Å²) < 4.78 is 2.60. The molecule has 3 nitrogen and oxygen atoms in total. The topological polar surface area (TPSA) is 38.7 Å². The molecule has 0 radical (unpaired) electrons. The van der Waals surface area contributed by atoms with E-state index in [0.29, 0.717) is 17.5 Å². The van der Waals surface area contributed by atoms with E-state index in [1.807, 2.05) is 47.7 Å². The lowest BCUT2D eigenvalue weighted by Crippen LogP contribution is -2.00. The first-order valence-electron chi connectivity index (χ1n) is 17.2. The first-order valence-corrected chi connectivity index (χ1v) is 18.0. The van der Waals surface area contributed by atoms with Gasteiger partial charge >= 0.3 is 0 Å². The van der Waals surface area contributed by atoms with Gasteiger partial charge in [-0.15, -0.1) is 11.3 Å². The lowest BCUT2D eigenvalue weighted by atomic mass is 9.91. The van der Waals surface area contributed by atoms with E-state index in [1.165, 1.54) is 69.7 Å². The second-order valence-electron chi connectivity index (χ2n) is 13.1. The highest BCUT2D eigenvalue weighted by Crippen LogP contribution is 2.53. The molecule has 11 rings (SSSR count). The fourth-order valence-electron chi connectivity index (χ4n) is 7.97. The Balaban J connectivity index is 1.20. The maximum atomic E-state index is 5.11. The van der Waals surface area contributed by atoms with E-state index in [-0.39, 0.29) is 0 Å². The molecule has 0 N–H and O–H groups in total. The minimum absolute atomic E-state index is 0.654. The molecular formula is C47H27N3S. The molecule has 10 aromatic rings. The van der Waals surface area contributed by atoms with Gasteiger partial charge in [0, 0.05) is 42.4 Å². The van der Waals surface area contributed by atoms with Crippen LogP contribution in [0.25, 0.3) is 109 Å². The summed E-state index contributed by atoms with van der Waals surface area (Å²) in [6.45, 7) is 0. The quantitative estimate of drug-likeness (QED) is 0.188. The number of thiophene rings is 1. The molecule has 0 unspecified atom stereocenters. The van der Waals surface area contributed by atoms with Gasteiger partial charge in [0.2, 0.25) is 0 Å². The normalized spacial score (nSPS) is 11.9. The van der Waals surface area contributed by atoms with Gasteiger partial charge in [-0.05, 0) is 67.6 Å². The zero-order valence-electron chi connectivity index (χ0n) is 27.3. The number of aromatic nitrogens is 3. The van der Waals surface area contributed by atoms with Crippen LogP contribution in [0.15, 0.2) is 164 Å². The van der Waals surface area contributed by atoms with Crippen molar-refractivity contribution in [2.45, 2.75) is 0 Å². The summed E-state index contributed by atoms with van der Waals surface area (Å²) in [5, 5.41) is 7.62. The molecule has 1 aliphatic carbocycles. The van der Waals surface area contributed by atoms with E-state index in [9.17, 15) is 0 Å². The number of fused-ring (bicyclic) bond motifs is 3. The molecule has 51 heavy (non-hydrogen) atoms. The Morgan fingerprint density at radius 3 is 1.55 bits per heavy atom. The molecule has 0 saturated heterocycles. The third-order valence-electron chi connectivity index (χ3n) is 10.2. The second-order valence-corrected chi connectivity index (χ2v) is 14.2. The SMILES string of the molecule is c1ccc(-c2nc(-c3ccccc3)nc(-c3cc(-c4ccc5c6c4sc4cccc(c46)-c4cccc6cccc-5c46)c4ccccc4c3)n2)cc1. The Labute approximate surface area is 298 Å². The van der Waals surface area contributed by atoms with Crippen LogP contribution in [0.3, 0.4) is 0 Å². The largest absolute Gasteiger partial charge is 0.208 e. The fourth-order valence-corrected chi connectivity index (χ4v) is 9.25. The predicted octanol–water partition coefficient (Wildman–Crippen LogP) is 12.9. The Morgan fingerprint density at radius 1 is 0.333 bits per heavy atom. The number of benzene rings is 8. The molecule has 236 valence electrons. The van der Waals surface area contributed by atoms with Crippen LogP contribution < -0.4 is 0 Å². The van der Waals surface area contributed by atoms with Crippen LogP contribution in [0, 0.1) is 0 Å². The van der Waals surface area contributed by atoms with Gasteiger partial charge in [0.15, 0.2) is 17.5 Å². The summed E-state index contributed by atoms with van der Waals surface area (Å²) in [4.78, 5) is 15.2. The van der Waals surface area contributed by atoms with Gasteiger partial charge in [0.25, 0.3) is 0 Å². The Kier molecular flexibility index (Phi) is 6.12. The monoisotopic (exact) mass is 665 g/mol. The minimum Gasteiger partial charge on any atom is -0.208 e. The summed E-state index contributed by atoms with van der Waals surface area (Å²) in [5.74, 6) is 1.97. The van der Waals surface area contributed by atoms with Crippen LogP contribution in [-0.4, -0.2) is 15.0 Å². The highest BCUT2D eigenvalue weighted by atomic mass is 32.1. The van der Waals surface area contributed by atoms with Crippen molar-refractivity contribution < 1.29 is 0 Å². The van der Waals surface area contributed by atoms with Crippen LogP contribution in [0.1, 0.15) is 0 Å². The molecular weight excluding hydrogens is 639 g/mol. The van der Waals surface area contributed by atoms with E-state index in [2.05, 4.69) is 127 Å². The third kappa shape index (κ3) is 4.33. The predicted molar refractivity (Wildman–Crippen MR) is 214 cm³/mol. The number of hydrogen-bond donors (Lipinski definition) is 0. The lowest BCUT2D eigenvalue weighted by Gasteiger charge is -2.15. The van der Waals surface area contributed by atoms with Crippen molar-refractivity contribution in [1.29, 1.82) is 0 Å². The van der Waals surface area contributed by atoms with E-state index in [1.54, 1.807) is 0 Å². The average molecular weight is 666 g/mol. The van der Waals surface area contributed by atoms with Crippen molar-refractivity contribution >= 4 is 53.1 Å². The summed E-state index contributed by atoms with van der Waals surface area (Å²) in [7, 11) is 0. The first kappa shape index (κ1) is 28.4. The van der Waals surface area contributed by atoms with Gasteiger partial charge in [-0.2, -0.15) is 0 Å². The number of nitrogens with zero attached hydrogens (tertiary/aromatic N) is 3. The molecule has 0 fully saturated rings. The van der Waals surface area contributed by atoms with Crippen LogP contribution in [0.2, 0.25) is 0 Å². The second kappa shape index (κ2) is 11.0. The van der Waals surface area contributed by atoms with Gasteiger partial charge < -0.3 is 0 Å². The first-order chi connectivity index (χ1) is 25.3. The molecule has 0 amide bonds. The zero-order chi connectivity index (χ0) is 33.5. The molecule has 0 atom stereocenters. The Bertz CT molecular complexity index is 2960. The summed E-state index contributed by atoms with van der Waals surface area (Å²) in [6, 6.07) is 58.4. The highest BCUT2D eigenvalue weighted by Gasteiger charge is 2.25. The van der Waals surface area contributed by atoms with Gasteiger partial charge in [0.1, 0.15) is 0 Å². The van der Waals surface area contributed by atoms with E-state index >= 15 is 0 Å². The van der Waals surface area contributed by atoms with Crippen molar-refractivity contribution in [2.24, 2.45) is 0 Å². The molecule has 0 bridgehead atoms. The fraction of sp³-hybridized carbons (Fsp3) is 0. The average Bonchev–Trinajstić information content (AvgIpc) is 3.55. The van der Waals surface area contributed by atoms with E-state index < -0.39 is 0 Å². The van der Waals surface area contributed by atoms with Crippen LogP contribution in [0.4, 0.5) is 0 Å². The molecule has 2 aromatic heterocycles. The summed E-state index contributed by atoms with van der Waals surface area (Å²) in [6.07, 6.45) is 0. The molecule has 1 aliphatic rings. The number of hydrogen-bond acceptors (Lipinski definition) is 4. The van der Waals surface area contributed by atoms with Crippen LogP contribution in [0.5, 0.6) is 0 Å². The van der Waals surface area contributed by atoms with Crippen molar-refractivity contribution in [3.05, 3.63) is 164 Å². The molecule has 0 aliphatic heterocycles. The standard InChI is InChI=1S/C47H27N3S/c1-3-12-29(13-4-1)45-48-46(30-14-5-2-6-15-30)50-47(49-45)32-26-31-16-7-8-19-33(31)39(27-32)38-25-24-37-35-21-10-18-28-17-9-20-34(41(28)35)36-22-11-23-40-42(36)43(37)44(38)51-40/h1-27H. The van der Waals surface area contributed by atoms with E-state index in [4.69, 9.17) is 15.0 Å². The zero-order valence-corrected chi connectivity index (χ0v) is 28.2. The highest BCUT2D eigenvalue weighted by molar-refractivity contribution is 7.26. The van der Waals surface area contributed by atoms with Crippen molar-refractivity contribution in [1.82, 2.24) is 15.0 Å². The summed E-state index contributed by atoms with van der Waals surface area (Å²) >= 11 is 1.89. The van der Waals surface area contributed by atoms with Crippen molar-refractivity contribution in [2.75, 3.05) is 0 Å². The van der Waals surface area contributed by atoms with Crippen molar-refractivity contribution in [3.63, 3.8) is 0 Å². The van der Waals surface area contributed by atoms with E-state index in [0.717, 1.165) is 22.1 Å². The molecule has 8 aromatic carbocycles. The van der Waals surface area contributed by atoms with Gasteiger partial charge in [-0.25, -0.2) is 15.0 Å². The van der Waals surface area contributed by atoms with Crippen LogP contribution >= 0.6 is 11.3 Å². The van der Waals surface area contributed by atoms with Gasteiger partial charge in [0.05, 0.1) is 0 Å². The van der Waals surface area contributed by atoms with Gasteiger partial charge in [-0.1, -0.05) is 146 Å². The smallest absolute Gasteiger partial charge is 0.164 e.